The second-order valence-electron chi connectivity index (χ2n) is 6.36. The summed E-state index contributed by atoms with van der Waals surface area (Å²) in [6.45, 7) is 0.528. The SMILES string of the molecule is CC(NC(=O)C(CC(=O)O)NC(=O)C(N)CO)C(=O)NC(Cc1cnc[nH]1)C(=O)O. The summed E-state index contributed by atoms with van der Waals surface area (Å²) in [5.41, 5.74) is 5.78. The molecule has 14 nitrogen and oxygen atoms in total. The molecular formula is C16H24N6O8. The second-order valence-corrected chi connectivity index (χ2v) is 6.36. The van der Waals surface area contributed by atoms with E-state index in [4.69, 9.17) is 15.9 Å². The van der Waals surface area contributed by atoms with Crippen molar-refractivity contribution in [1.29, 1.82) is 0 Å². The van der Waals surface area contributed by atoms with Crippen molar-refractivity contribution >= 4 is 29.7 Å². The van der Waals surface area contributed by atoms with Gasteiger partial charge in [-0.2, -0.15) is 0 Å². The molecule has 4 unspecified atom stereocenters. The molecule has 14 heteroatoms. The van der Waals surface area contributed by atoms with Crippen molar-refractivity contribution in [1.82, 2.24) is 25.9 Å². The maximum Gasteiger partial charge on any atom is 0.326 e. The number of carboxylic acid groups (broad SMARTS) is 2. The molecule has 1 aromatic heterocycles. The van der Waals surface area contributed by atoms with Crippen molar-refractivity contribution in [3.63, 3.8) is 0 Å². The minimum absolute atomic E-state index is 0.0848. The minimum Gasteiger partial charge on any atom is -0.481 e. The second kappa shape index (κ2) is 11.5. The highest BCUT2D eigenvalue weighted by Crippen LogP contribution is 2.01. The molecule has 1 heterocycles. The van der Waals surface area contributed by atoms with E-state index in [1.807, 2.05) is 0 Å². The summed E-state index contributed by atoms with van der Waals surface area (Å²) in [6, 6.07) is -5.49. The Morgan fingerprint density at radius 2 is 1.70 bits per heavy atom. The zero-order valence-electron chi connectivity index (χ0n) is 16.0. The lowest BCUT2D eigenvalue weighted by molar-refractivity contribution is -0.143. The monoisotopic (exact) mass is 428 g/mol. The third kappa shape index (κ3) is 7.84. The summed E-state index contributed by atoms with van der Waals surface area (Å²) < 4.78 is 0. The molecule has 166 valence electrons. The van der Waals surface area contributed by atoms with Crippen LogP contribution in [0.4, 0.5) is 0 Å². The molecule has 1 aromatic rings. The molecule has 4 atom stereocenters. The maximum atomic E-state index is 12.3. The van der Waals surface area contributed by atoms with Gasteiger partial charge in [-0.1, -0.05) is 0 Å². The Kier molecular flexibility index (Phi) is 9.38. The maximum absolute atomic E-state index is 12.3. The first kappa shape index (κ1) is 24.5. The zero-order valence-corrected chi connectivity index (χ0v) is 16.0. The smallest absolute Gasteiger partial charge is 0.326 e. The van der Waals surface area contributed by atoms with E-state index in [9.17, 15) is 29.1 Å². The number of amides is 3. The molecule has 0 aromatic carbocycles. The number of imidazole rings is 1. The summed E-state index contributed by atoms with van der Waals surface area (Å²) >= 11 is 0. The molecule has 0 aliphatic heterocycles. The molecule has 1 rings (SSSR count). The summed E-state index contributed by atoms with van der Waals surface area (Å²) in [6.07, 6.45) is 1.85. The lowest BCUT2D eigenvalue weighted by Gasteiger charge is -2.22. The first-order valence-electron chi connectivity index (χ1n) is 8.74. The van der Waals surface area contributed by atoms with Gasteiger partial charge in [-0.05, 0) is 6.92 Å². The standard InChI is InChI=1S/C16H24N6O8/c1-7(13(26)22-11(16(29)30)2-8-4-18-6-19-8)20-15(28)10(3-12(24)25)21-14(27)9(17)5-23/h4,6-7,9-11,23H,2-3,5,17H2,1H3,(H,18,19)(H,20,28)(H,21,27)(H,22,26)(H,24,25)(H,29,30). The largest absolute Gasteiger partial charge is 0.481 e. The Morgan fingerprint density at radius 1 is 1.07 bits per heavy atom. The van der Waals surface area contributed by atoms with E-state index in [1.54, 1.807) is 0 Å². The van der Waals surface area contributed by atoms with Gasteiger partial charge in [-0.15, -0.1) is 0 Å². The number of hydrogen-bond donors (Lipinski definition) is 8. The number of aromatic nitrogens is 2. The molecule has 0 radical (unpaired) electrons. The fourth-order valence-electron chi connectivity index (χ4n) is 2.24. The Balaban J connectivity index is 2.74. The van der Waals surface area contributed by atoms with Crippen molar-refractivity contribution in [3.8, 4) is 0 Å². The van der Waals surface area contributed by atoms with E-state index in [2.05, 4.69) is 25.9 Å². The Labute approximate surface area is 170 Å². The van der Waals surface area contributed by atoms with Crippen molar-refractivity contribution in [2.45, 2.75) is 43.9 Å². The zero-order chi connectivity index (χ0) is 22.8. The van der Waals surface area contributed by atoms with E-state index in [0.717, 1.165) is 0 Å². The number of nitrogens with two attached hydrogens (primary N) is 1. The quantitative estimate of drug-likeness (QED) is 0.162. The third-order valence-electron chi connectivity index (χ3n) is 3.89. The van der Waals surface area contributed by atoms with Crippen LogP contribution >= 0.6 is 0 Å². The first-order chi connectivity index (χ1) is 14.0. The molecule has 0 saturated carbocycles. The van der Waals surface area contributed by atoms with Crippen molar-refractivity contribution in [2.24, 2.45) is 5.73 Å². The average molecular weight is 428 g/mol. The highest BCUT2D eigenvalue weighted by Gasteiger charge is 2.29. The predicted molar refractivity (Wildman–Crippen MR) is 98.7 cm³/mol. The Bertz CT molecular complexity index is 768. The number of carbonyl (C=O) groups is 5. The summed E-state index contributed by atoms with van der Waals surface area (Å²) in [7, 11) is 0. The van der Waals surface area contributed by atoms with E-state index in [1.165, 1.54) is 19.4 Å². The van der Waals surface area contributed by atoms with Crippen molar-refractivity contribution in [2.75, 3.05) is 6.61 Å². The van der Waals surface area contributed by atoms with E-state index >= 15 is 0 Å². The molecule has 30 heavy (non-hydrogen) atoms. The van der Waals surface area contributed by atoms with Gasteiger partial charge in [0.05, 0.1) is 19.4 Å². The number of aliphatic carboxylic acids is 2. The number of carboxylic acids is 2. The summed E-state index contributed by atoms with van der Waals surface area (Å²) in [4.78, 5) is 65.1. The van der Waals surface area contributed by atoms with Crippen LogP contribution in [0.15, 0.2) is 12.5 Å². The molecule has 0 fully saturated rings. The summed E-state index contributed by atoms with van der Waals surface area (Å²) in [5, 5.41) is 33.6. The molecule has 0 spiro atoms. The van der Waals surface area contributed by atoms with Gasteiger partial charge in [0, 0.05) is 18.3 Å². The van der Waals surface area contributed by atoms with Crippen LogP contribution in [-0.4, -0.2) is 85.7 Å². The average Bonchev–Trinajstić information content (AvgIpc) is 3.18. The molecule has 9 N–H and O–H groups in total. The molecular weight excluding hydrogens is 404 g/mol. The summed E-state index contributed by atoms with van der Waals surface area (Å²) in [5.74, 6) is -5.52. The van der Waals surface area contributed by atoms with Gasteiger partial charge in [-0.25, -0.2) is 9.78 Å². The van der Waals surface area contributed by atoms with Gasteiger partial charge in [0.25, 0.3) is 0 Å². The number of aliphatic hydroxyl groups excluding tert-OH is 1. The van der Waals surface area contributed by atoms with E-state index in [-0.39, 0.29) is 6.42 Å². The number of H-pyrrole nitrogens is 1. The van der Waals surface area contributed by atoms with Crippen LogP contribution in [0.1, 0.15) is 19.0 Å². The van der Waals surface area contributed by atoms with Gasteiger partial charge >= 0.3 is 11.9 Å². The number of aromatic amines is 1. The highest BCUT2D eigenvalue weighted by atomic mass is 16.4. The van der Waals surface area contributed by atoms with Crippen molar-refractivity contribution in [3.05, 3.63) is 18.2 Å². The van der Waals surface area contributed by atoms with Crippen LogP contribution in [-0.2, 0) is 30.4 Å². The third-order valence-corrected chi connectivity index (χ3v) is 3.89. The van der Waals surface area contributed by atoms with Gasteiger partial charge < -0.3 is 42.0 Å². The van der Waals surface area contributed by atoms with Gasteiger partial charge in [-0.3, -0.25) is 19.2 Å². The van der Waals surface area contributed by atoms with Crippen LogP contribution < -0.4 is 21.7 Å². The van der Waals surface area contributed by atoms with Gasteiger partial charge in [0.15, 0.2) is 0 Å². The Hall–Kier alpha value is -3.52. The van der Waals surface area contributed by atoms with Crippen molar-refractivity contribution < 1.29 is 39.3 Å². The highest BCUT2D eigenvalue weighted by molar-refractivity contribution is 5.95. The lowest BCUT2D eigenvalue weighted by atomic mass is 10.1. The molecule has 0 aliphatic rings. The fourth-order valence-corrected chi connectivity index (χ4v) is 2.24. The van der Waals surface area contributed by atoms with Gasteiger partial charge in [0.1, 0.15) is 24.2 Å². The fraction of sp³-hybridized carbons (Fsp3) is 0.500. The number of nitrogens with zero attached hydrogens (tertiary/aromatic N) is 1. The predicted octanol–water partition coefficient (Wildman–Crippen LogP) is -3.69. The van der Waals surface area contributed by atoms with E-state index in [0.29, 0.717) is 5.69 Å². The van der Waals surface area contributed by atoms with Crippen LogP contribution in [0.25, 0.3) is 0 Å². The topological polar surface area (TPSA) is 237 Å². The number of rotatable bonds is 12. The lowest BCUT2D eigenvalue weighted by Crippen LogP contribution is -2.57. The number of hydrogen-bond acceptors (Lipinski definition) is 8. The van der Waals surface area contributed by atoms with Crippen LogP contribution in [0.3, 0.4) is 0 Å². The van der Waals surface area contributed by atoms with Crippen LogP contribution in [0.5, 0.6) is 0 Å². The minimum atomic E-state index is -1.57. The number of carbonyl (C=O) groups excluding carboxylic acids is 3. The van der Waals surface area contributed by atoms with E-state index < -0.39 is 66.9 Å². The molecule has 0 bridgehead atoms. The molecule has 3 amide bonds. The van der Waals surface area contributed by atoms with Gasteiger partial charge in [0.2, 0.25) is 17.7 Å². The van der Waals surface area contributed by atoms with Crippen LogP contribution in [0.2, 0.25) is 0 Å². The number of nitrogens with one attached hydrogen (secondary N) is 4. The molecule has 0 aliphatic carbocycles. The molecule has 0 saturated heterocycles. The van der Waals surface area contributed by atoms with Crippen LogP contribution in [0, 0.1) is 0 Å². The normalized spacial score (nSPS) is 14.6. The first-order valence-corrected chi connectivity index (χ1v) is 8.74. The Morgan fingerprint density at radius 3 is 2.20 bits per heavy atom. The number of aliphatic hydroxyl groups is 1.